The molecular weight excluding hydrogens is 190 g/mol. The van der Waals surface area contributed by atoms with Gasteiger partial charge in [0.15, 0.2) is 0 Å². The smallest absolute Gasteiger partial charge is 0.210 e. The van der Waals surface area contributed by atoms with Gasteiger partial charge in [-0.2, -0.15) is 5.26 Å². The molecule has 2 rings (SSSR count). The fourth-order valence-electron chi connectivity index (χ4n) is 1.51. The lowest BCUT2D eigenvalue weighted by Gasteiger charge is -2.03. The molecule has 2 aromatic rings. The second kappa shape index (κ2) is 3.25. The van der Waals surface area contributed by atoms with Crippen molar-refractivity contribution in [3.63, 3.8) is 0 Å². The van der Waals surface area contributed by atoms with Gasteiger partial charge >= 0.3 is 0 Å². The SMILES string of the molecule is Cc1ccc2c(=O)c(C#N)coc2c1C. The lowest BCUT2D eigenvalue weighted by Crippen LogP contribution is -2.06. The van der Waals surface area contributed by atoms with Crippen LogP contribution in [0.15, 0.2) is 27.6 Å². The van der Waals surface area contributed by atoms with Crippen LogP contribution in [0.2, 0.25) is 0 Å². The van der Waals surface area contributed by atoms with Crippen molar-refractivity contribution >= 4 is 11.0 Å². The first-order valence-corrected chi connectivity index (χ1v) is 4.57. The second-order valence-corrected chi connectivity index (χ2v) is 3.47. The Morgan fingerprint density at radius 3 is 2.73 bits per heavy atom. The summed E-state index contributed by atoms with van der Waals surface area (Å²) in [6.07, 6.45) is 1.22. The Balaban J connectivity index is 3.00. The zero-order chi connectivity index (χ0) is 11.0. The highest BCUT2D eigenvalue weighted by molar-refractivity contribution is 5.81. The summed E-state index contributed by atoms with van der Waals surface area (Å²) in [5, 5.41) is 9.16. The van der Waals surface area contributed by atoms with Gasteiger partial charge in [-0.1, -0.05) is 6.07 Å². The van der Waals surface area contributed by atoms with Crippen LogP contribution in [-0.2, 0) is 0 Å². The molecule has 0 radical (unpaired) electrons. The van der Waals surface area contributed by atoms with Crippen molar-refractivity contribution in [2.24, 2.45) is 0 Å². The number of aryl methyl sites for hydroxylation is 2. The maximum Gasteiger partial charge on any atom is 0.210 e. The molecule has 1 aromatic carbocycles. The van der Waals surface area contributed by atoms with Crippen molar-refractivity contribution < 1.29 is 4.42 Å². The van der Waals surface area contributed by atoms with Crippen LogP contribution in [0.1, 0.15) is 16.7 Å². The minimum atomic E-state index is -0.262. The molecule has 15 heavy (non-hydrogen) atoms. The molecule has 0 spiro atoms. The summed E-state index contributed by atoms with van der Waals surface area (Å²) in [5.41, 5.74) is 2.36. The maximum atomic E-state index is 11.7. The first kappa shape index (κ1) is 9.47. The Bertz CT molecular complexity index is 632. The third-order valence-electron chi connectivity index (χ3n) is 2.58. The first-order chi connectivity index (χ1) is 7.15. The van der Waals surface area contributed by atoms with Gasteiger partial charge in [-0.05, 0) is 31.0 Å². The minimum absolute atomic E-state index is 0.0470. The van der Waals surface area contributed by atoms with Gasteiger partial charge in [0.25, 0.3) is 0 Å². The fraction of sp³-hybridized carbons (Fsp3) is 0.167. The Kier molecular flexibility index (Phi) is 2.05. The number of hydrogen-bond acceptors (Lipinski definition) is 3. The van der Waals surface area contributed by atoms with Crippen molar-refractivity contribution in [2.45, 2.75) is 13.8 Å². The summed E-state index contributed by atoms with van der Waals surface area (Å²) < 4.78 is 5.30. The van der Waals surface area contributed by atoms with Crippen LogP contribution in [0.5, 0.6) is 0 Å². The van der Waals surface area contributed by atoms with E-state index in [1.807, 2.05) is 26.0 Å². The standard InChI is InChI=1S/C12H9NO2/c1-7-3-4-10-11(14)9(5-13)6-15-12(10)8(7)2/h3-4,6H,1-2H3. The van der Waals surface area contributed by atoms with Crippen molar-refractivity contribution in [1.82, 2.24) is 0 Å². The predicted molar refractivity (Wildman–Crippen MR) is 56.7 cm³/mol. The predicted octanol–water partition coefficient (Wildman–Crippen LogP) is 2.28. The van der Waals surface area contributed by atoms with Crippen molar-refractivity contribution in [3.8, 4) is 6.07 Å². The van der Waals surface area contributed by atoms with Crippen LogP contribution in [-0.4, -0.2) is 0 Å². The average molecular weight is 199 g/mol. The summed E-state index contributed by atoms with van der Waals surface area (Å²) >= 11 is 0. The molecule has 0 amide bonds. The van der Waals surface area contributed by atoms with Crippen LogP contribution in [0.25, 0.3) is 11.0 Å². The van der Waals surface area contributed by atoms with Crippen molar-refractivity contribution in [1.29, 1.82) is 5.26 Å². The molecule has 3 nitrogen and oxygen atoms in total. The van der Waals surface area contributed by atoms with Crippen LogP contribution in [0, 0.1) is 25.2 Å². The van der Waals surface area contributed by atoms with Crippen molar-refractivity contribution in [2.75, 3.05) is 0 Å². The second-order valence-electron chi connectivity index (χ2n) is 3.47. The van der Waals surface area contributed by atoms with Crippen molar-refractivity contribution in [3.05, 3.63) is 45.3 Å². The molecular formula is C12H9NO2. The number of rotatable bonds is 0. The lowest BCUT2D eigenvalue weighted by molar-refractivity contribution is 0.597. The highest BCUT2D eigenvalue weighted by atomic mass is 16.3. The Morgan fingerprint density at radius 2 is 2.07 bits per heavy atom. The molecule has 1 heterocycles. The zero-order valence-electron chi connectivity index (χ0n) is 8.50. The third-order valence-corrected chi connectivity index (χ3v) is 2.58. The van der Waals surface area contributed by atoms with Gasteiger partial charge in [0.2, 0.25) is 5.43 Å². The van der Waals surface area contributed by atoms with E-state index in [9.17, 15) is 4.79 Å². The monoisotopic (exact) mass is 199 g/mol. The summed E-state index contributed by atoms with van der Waals surface area (Å²) in [6, 6.07) is 5.37. The summed E-state index contributed by atoms with van der Waals surface area (Å²) in [4.78, 5) is 11.7. The number of benzene rings is 1. The molecule has 0 saturated carbocycles. The van der Waals surface area contributed by atoms with Gasteiger partial charge < -0.3 is 4.42 Å². The normalized spacial score (nSPS) is 10.2. The molecule has 0 bridgehead atoms. The number of nitriles is 1. The van der Waals surface area contributed by atoms with E-state index in [2.05, 4.69) is 0 Å². The third kappa shape index (κ3) is 1.31. The van der Waals surface area contributed by atoms with Gasteiger partial charge in [-0.3, -0.25) is 4.79 Å². The average Bonchev–Trinajstić information content (AvgIpc) is 2.24. The molecule has 0 fully saturated rings. The lowest BCUT2D eigenvalue weighted by atomic mass is 10.1. The van der Waals surface area contributed by atoms with Gasteiger partial charge in [-0.25, -0.2) is 0 Å². The van der Waals surface area contributed by atoms with Crippen LogP contribution in [0.3, 0.4) is 0 Å². The Hall–Kier alpha value is -2.08. The number of nitrogens with zero attached hydrogens (tertiary/aromatic N) is 1. The fourth-order valence-corrected chi connectivity index (χ4v) is 1.51. The van der Waals surface area contributed by atoms with Crippen LogP contribution >= 0.6 is 0 Å². The molecule has 0 atom stereocenters. The summed E-state index contributed by atoms with van der Waals surface area (Å²) in [7, 11) is 0. The number of fused-ring (bicyclic) bond motifs is 1. The molecule has 3 heteroatoms. The van der Waals surface area contributed by atoms with Crippen LogP contribution in [0.4, 0.5) is 0 Å². The topological polar surface area (TPSA) is 54.0 Å². The molecule has 0 aliphatic carbocycles. The first-order valence-electron chi connectivity index (χ1n) is 4.57. The van der Waals surface area contributed by atoms with E-state index in [4.69, 9.17) is 9.68 Å². The van der Waals surface area contributed by atoms with Gasteiger partial charge in [0.1, 0.15) is 23.5 Å². The van der Waals surface area contributed by atoms with E-state index in [1.54, 1.807) is 6.07 Å². The molecule has 1 aromatic heterocycles. The quantitative estimate of drug-likeness (QED) is 0.654. The maximum absolute atomic E-state index is 11.7. The van der Waals surface area contributed by atoms with E-state index < -0.39 is 0 Å². The van der Waals surface area contributed by atoms with E-state index in [-0.39, 0.29) is 11.0 Å². The van der Waals surface area contributed by atoms with E-state index in [0.717, 1.165) is 11.1 Å². The largest absolute Gasteiger partial charge is 0.462 e. The Labute approximate surface area is 86.6 Å². The van der Waals surface area contributed by atoms with Gasteiger partial charge in [-0.15, -0.1) is 0 Å². The molecule has 0 N–H and O–H groups in total. The highest BCUT2D eigenvalue weighted by Crippen LogP contribution is 2.19. The molecule has 74 valence electrons. The van der Waals surface area contributed by atoms with Gasteiger partial charge in [0, 0.05) is 0 Å². The van der Waals surface area contributed by atoms with E-state index >= 15 is 0 Å². The molecule has 0 saturated heterocycles. The zero-order valence-corrected chi connectivity index (χ0v) is 8.50. The summed E-state index contributed by atoms with van der Waals surface area (Å²) in [6.45, 7) is 3.85. The highest BCUT2D eigenvalue weighted by Gasteiger charge is 2.09. The minimum Gasteiger partial charge on any atom is -0.462 e. The number of hydrogen-bond donors (Lipinski definition) is 0. The van der Waals surface area contributed by atoms with Crippen LogP contribution < -0.4 is 5.43 Å². The van der Waals surface area contributed by atoms with E-state index in [0.29, 0.717) is 11.0 Å². The molecule has 0 unspecified atom stereocenters. The molecule has 0 aliphatic rings. The molecule has 0 aliphatic heterocycles. The van der Waals surface area contributed by atoms with Gasteiger partial charge in [0.05, 0.1) is 5.39 Å². The van der Waals surface area contributed by atoms with E-state index in [1.165, 1.54) is 6.26 Å². The Morgan fingerprint density at radius 1 is 1.33 bits per heavy atom. The summed E-state index contributed by atoms with van der Waals surface area (Å²) in [5.74, 6) is 0.